The number of aliphatic hydroxyl groups is 1. The van der Waals surface area contributed by atoms with E-state index < -0.39 is 35.7 Å². The lowest BCUT2D eigenvalue weighted by atomic mass is 9.77. The average Bonchev–Trinajstić information content (AvgIpc) is 2.61. The molecule has 3 atom stereocenters. The van der Waals surface area contributed by atoms with Crippen LogP contribution in [-0.4, -0.2) is 28.8 Å². The predicted molar refractivity (Wildman–Crippen MR) is 98.8 cm³/mol. The second kappa shape index (κ2) is 7.38. The van der Waals surface area contributed by atoms with Crippen molar-refractivity contribution in [1.29, 1.82) is 0 Å². The fourth-order valence-corrected chi connectivity index (χ4v) is 3.47. The van der Waals surface area contributed by atoms with E-state index in [4.69, 9.17) is 11.6 Å². The third-order valence-corrected chi connectivity index (χ3v) is 5.23. The highest BCUT2D eigenvalue weighted by molar-refractivity contribution is 9.10. The largest absolute Gasteiger partial charge is 0.437 e. The summed E-state index contributed by atoms with van der Waals surface area (Å²) in [6.07, 6.45) is -5.30. The topological polar surface area (TPSA) is 78.4 Å². The first-order valence-corrected chi connectivity index (χ1v) is 9.13. The van der Waals surface area contributed by atoms with Crippen LogP contribution in [-0.2, 0) is 0 Å². The van der Waals surface area contributed by atoms with Crippen LogP contribution in [0, 0.1) is 5.92 Å². The maximum atomic E-state index is 13.8. The molecule has 0 spiro atoms. The number of hydrogen-bond acceptors (Lipinski definition) is 3. The zero-order valence-electron chi connectivity index (χ0n) is 13.9. The van der Waals surface area contributed by atoms with Gasteiger partial charge in [0.25, 0.3) is 0 Å². The van der Waals surface area contributed by atoms with Gasteiger partial charge in [0.15, 0.2) is 5.78 Å². The van der Waals surface area contributed by atoms with E-state index in [2.05, 4.69) is 21.2 Å². The van der Waals surface area contributed by atoms with Crippen LogP contribution in [0.3, 0.4) is 0 Å². The SMILES string of the molecule is O=C1N[C@@H](c2ccc(Br)cc2)[C@@H](C(=O)c2ccc(Cl)cc2)[C@](O)(C(F)(F)F)N1. The minimum absolute atomic E-state index is 0.0860. The van der Waals surface area contributed by atoms with Crippen LogP contribution in [0.2, 0.25) is 5.02 Å². The van der Waals surface area contributed by atoms with Gasteiger partial charge in [-0.1, -0.05) is 39.7 Å². The van der Waals surface area contributed by atoms with Gasteiger partial charge >= 0.3 is 12.2 Å². The summed E-state index contributed by atoms with van der Waals surface area (Å²) in [5.41, 5.74) is -3.62. The zero-order chi connectivity index (χ0) is 20.7. The molecule has 3 N–H and O–H groups in total. The van der Waals surface area contributed by atoms with Crippen LogP contribution in [0.4, 0.5) is 18.0 Å². The predicted octanol–water partition coefficient (Wildman–Crippen LogP) is 4.21. The minimum atomic E-state index is -5.30. The highest BCUT2D eigenvalue weighted by Crippen LogP contribution is 2.44. The number of halogens is 5. The summed E-state index contributed by atoms with van der Waals surface area (Å²) in [5.74, 6) is -3.08. The Morgan fingerprint density at radius 3 is 2.21 bits per heavy atom. The molecule has 0 bridgehead atoms. The summed E-state index contributed by atoms with van der Waals surface area (Å²) in [5, 5.41) is 14.6. The Labute approximate surface area is 171 Å². The van der Waals surface area contributed by atoms with E-state index in [-0.39, 0.29) is 11.1 Å². The van der Waals surface area contributed by atoms with Crippen molar-refractivity contribution in [3.8, 4) is 0 Å². The second-order valence-corrected chi connectivity index (χ2v) is 7.59. The van der Waals surface area contributed by atoms with E-state index in [9.17, 15) is 27.9 Å². The van der Waals surface area contributed by atoms with Gasteiger partial charge in [-0.2, -0.15) is 13.2 Å². The first-order valence-electron chi connectivity index (χ1n) is 7.96. The fraction of sp³-hybridized carbons (Fsp3) is 0.222. The van der Waals surface area contributed by atoms with Crippen molar-refractivity contribution >= 4 is 39.3 Å². The van der Waals surface area contributed by atoms with Gasteiger partial charge in [0.2, 0.25) is 5.72 Å². The molecule has 1 aliphatic heterocycles. The van der Waals surface area contributed by atoms with Gasteiger partial charge in [0.05, 0.1) is 6.04 Å². The first kappa shape index (κ1) is 20.6. The Bertz CT molecular complexity index is 906. The van der Waals surface area contributed by atoms with E-state index in [0.29, 0.717) is 9.50 Å². The van der Waals surface area contributed by atoms with Crippen molar-refractivity contribution in [1.82, 2.24) is 10.6 Å². The molecule has 2 aromatic carbocycles. The van der Waals surface area contributed by atoms with Gasteiger partial charge in [-0.3, -0.25) is 4.79 Å². The van der Waals surface area contributed by atoms with Crippen LogP contribution in [0.1, 0.15) is 22.0 Å². The molecule has 1 saturated heterocycles. The average molecular weight is 478 g/mol. The molecule has 2 amide bonds. The molecular weight excluding hydrogens is 465 g/mol. The van der Waals surface area contributed by atoms with Crippen molar-refractivity contribution in [2.24, 2.45) is 5.92 Å². The number of nitrogens with one attached hydrogen (secondary N) is 2. The number of alkyl halides is 3. The van der Waals surface area contributed by atoms with Crippen LogP contribution in [0.15, 0.2) is 53.0 Å². The summed E-state index contributed by atoms with van der Waals surface area (Å²) in [6.45, 7) is 0. The summed E-state index contributed by atoms with van der Waals surface area (Å²) in [6, 6.07) is 8.59. The number of ketones is 1. The summed E-state index contributed by atoms with van der Waals surface area (Å²) >= 11 is 8.99. The third kappa shape index (κ3) is 3.74. The van der Waals surface area contributed by atoms with E-state index in [1.165, 1.54) is 41.7 Å². The Hall–Kier alpha value is -2.10. The van der Waals surface area contributed by atoms with Gasteiger partial charge in [-0.25, -0.2) is 4.79 Å². The second-order valence-electron chi connectivity index (χ2n) is 6.24. The van der Waals surface area contributed by atoms with Crippen LogP contribution >= 0.6 is 27.5 Å². The Morgan fingerprint density at radius 2 is 1.68 bits per heavy atom. The van der Waals surface area contributed by atoms with Crippen molar-refractivity contribution in [2.45, 2.75) is 17.9 Å². The normalized spacial score (nSPS) is 25.0. The Kier molecular flexibility index (Phi) is 5.44. The van der Waals surface area contributed by atoms with E-state index in [1.807, 2.05) is 0 Å². The quantitative estimate of drug-likeness (QED) is 0.580. The lowest BCUT2D eigenvalue weighted by Gasteiger charge is -2.45. The van der Waals surface area contributed by atoms with Crippen LogP contribution < -0.4 is 10.6 Å². The Balaban J connectivity index is 2.15. The molecule has 10 heteroatoms. The number of Topliss-reactive ketones (excluding diaryl/α,β-unsaturated/α-hetero) is 1. The lowest BCUT2D eigenvalue weighted by Crippen LogP contribution is -2.72. The van der Waals surface area contributed by atoms with Crippen molar-refractivity contribution in [3.63, 3.8) is 0 Å². The Morgan fingerprint density at radius 1 is 1.11 bits per heavy atom. The summed E-state index contributed by atoms with van der Waals surface area (Å²) in [7, 11) is 0. The highest BCUT2D eigenvalue weighted by Gasteiger charge is 2.66. The van der Waals surface area contributed by atoms with Gasteiger partial charge in [0, 0.05) is 15.1 Å². The first-order chi connectivity index (χ1) is 13.0. The van der Waals surface area contributed by atoms with Gasteiger partial charge in [-0.05, 0) is 42.0 Å². The molecule has 0 radical (unpaired) electrons. The molecule has 28 heavy (non-hydrogen) atoms. The maximum absolute atomic E-state index is 13.8. The van der Waals surface area contributed by atoms with Crippen LogP contribution in [0.5, 0.6) is 0 Å². The molecule has 5 nitrogen and oxygen atoms in total. The molecule has 2 aromatic rings. The van der Waals surface area contributed by atoms with Crippen LogP contribution in [0.25, 0.3) is 0 Å². The van der Waals surface area contributed by atoms with E-state index >= 15 is 0 Å². The molecule has 0 unspecified atom stereocenters. The molecule has 148 valence electrons. The summed E-state index contributed by atoms with van der Waals surface area (Å²) < 4.78 is 42.0. The number of benzene rings is 2. The van der Waals surface area contributed by atoms with Crippen molar-refractivity contribution < 1.29 is 27.9 Å². The van der Waals surface area contributed by atoms with Gasteiger partial charge in [0.1, 0.15) is 5.92 Å². The van der Waals surface area contributed by atoms with Gasteiger partial charge < -0.3 is 15.7 Å². The fourth-order valence-electron chi connectivity index (χ4n) is 3.08. The smallest absolute Gasteiger partial charge is 0.363 e. The highest BCUT2D eigenvalue weighted by atomic mass is 79.9. The molecule has 0 aliphatic carbocycles. The summed E-state index contributed by atoms with van der Waals surface area (Å²) in [4.78, 5) is 24.9. The molecule has 0 aromatic heterocycles. The van der Waals surface area contributed by atoms with Crippen molar-refractivity contribution in [3.05, 3.63) is 69.2 Å². The number of carbonyl (C=O) groups is 2. The molecule has 0 saturated carbocycles. The molecule has 1 fully saturated rings. The van der Waals surface area contributed by atoms with Crippen molar-refractivity contribution in [2.75, 3.05) is 0 Å². The third-order valence-electron chi connectivity index (χ3n) is 4.45. The number of rotatable bonds is 3. The number of carbonyl (C=O) groups excluding carboxylic acids is 2. The lowest BCUT2D eigenvalue weighted by molar-refractivity contribution is -0.287. The van der Waals surface area contributed by atoms with Gasteiger partial charge in [-0.15, -0.1) is 0 Å². The number of hydrogen-bond donors (Lipinski definition) is 3. The number of amides is 2. The van der Waals surface area contributed by atoms with E-state index in [1.54, 1.807) is 12.1 Å². The maximum Gasteiger partial charge on any atom is 0.437 e. The van der Waals surface area contributed by atoms with E-state index in [0.717, 1.165) is 0 Å². The number of urea groups is 1. The molecular formula is C18H13BrClF3N2O3. The monoisotopic (exact) mass is 476 g/mol. The zero-order valence-corrected chi connectivity index (χ0v) is 16.3. The standard InChI is InChI=1S/C18H13BrClF3N2O3/c19-11-5-1-9(2-6-11)14-13(15(26)10-3-7-12(20)8-4-10)17(28,18(21,22)23)25-16(27)24-14/h1-8,13-14,28H,(H2,24,25,27)/t13-,14-,17-/m0/s1. The molecule has 3 rings (SSSR count). The minimum Gasteiger partial charge on any atom is -0.363 e. The molecule has 1 aliphatic rings. The molecule has 1 heterocycles.